The van der Waals surface area contributed by atoms with Crippen molar-refractivity contribution in [2.24, 2.45) is 5.92 Å². The first kappa shape index (κ1) is 20.4. The number of aromatic amines is 1. The summed E-state index contributed by atoms with van der Waals surface area (Å²) in [5, 5.41) is 6.71. The molecule has 2 aliphatic rings. The Hall–Kier alpha value is -2.51. The minimum Gasteiger partial charge on any atom is -0.326 e. The number of benzene rings is 1. The molecule has 6 nitrogen and oxygen atoms in total. The van der Waals surface area contributed by atoms with Gasteiger partial charge in [-0.1, -0.05) is 30.1 Å². The van der Waals surface area contributed by atoms with Crippen molar-refractivity contribution in [1.82, 2.24) is 25.1 Å². The number of nitrogens with one attached hydrogen (secondary N) is 1. The lowest BCUT2D eigenvalue weighted by molar-refractivity contribution is 0.0229. The van der Waals surface area contributed by atoms with Crippen LogP contribution in [0.25, 0.3) is 11.4 Å². The van der Waals surface area contributed by atoms with Crippen molar-refractivity contribution in [1.29, 1.82) is 0 Å². The molecule has 5 rings (SSSR count). The summed E-state index contributed by atoms with van der Waals surface area (Å²) in [5.74, 6) is -0.180. The Kier molecular flexibility index (Phi) is 4.98. The number of carbonyl (C=O) groups excluding carboxylic acids is 1. The number of fused-ring (bicyclic) bond motifs is 4. The molecule has 2 unspecified atom stereocenters. The average molecular weight is 460 g/mol. The molecule has 1 aromatic carbocycles. The van der Waals surface area contributed by atoms with Gasteiger partial charge in [0, 0.05) is 17.8 Å². The number of carbonyl (C=O) groups is 1. The molecule has 3 aromatic rings. The van der Waals surface area contributed by atoms with E-state index in [2.05, 4.69) is 22.1 Å². The third kappa shape index (κ3) is 3.22. The number of halogens is 3. The Labute approximate surface area is 188 Å². The van der Waals surface area contributed by atoms with Gasteiger partial charge < -0.3 is 4.90 Å². The largest absolute Gasteiger partial charge is 0.326 e. The highest BCUT2D eigenvalue weighted by Gasteiger charge is 2.46. The van der Waals surface area contributed by atoms with E-state index in [4.69, 9.17) is 28.2 Å². The van der Waals surface area contributed by atoms with Gasteiger partial charge in [0.2, 0.25) is 0 Å². The summed E-state index contributed by atoms with van der Waals surface area (Å²) >= 11 is 12.0. The van der Waals surface area contributed by atoms with Crippen LogP contribution < -0.4 is 0 Å². The molecule has 31 heavy (non-hydrogen) atoms. The highest BCUT2D eigenvalue weighted by Crippen LogP contribution is 2.46. The first-order chi connectivity index (χ1) is 14.9. The van der Waals surface area contributed by atoms with E-state index < -0.39 is 5.82 Å². The number of nitrogens with zero attached hydrogens (tertiary/aromatic N) is 4. The van der Waals surface area contributed by atoms with Crippen molar-refractivity contribution in [3.8, 4) is 11.4 Å². The number of aryl methyl sites for hydroxylation is 1. The lowest BCUT2D eigenvalue weighted by atomic mass is 9.76. The van der Waals surface area contributed by atoms with E-state index in [0.717, 1.165) is 35.5 Å². The third-order valence-electron chi connectivity index (χ3n) is 6.38. The van der Waals surface area contributed by atoms with Gasteiger partial charge in [0.05, 0.1) is 38.7 Å². The number of piperidine rings is 1. The maximum atomic E-state index is 14.3. The zero-order chi connectivity index (χ0) is 21.9. The Morgan fingerprint density at radius 3 is 2.77 bits per heavy atom. The SMILES string of the molecule is Cc1nc(-c2ccn[nH]2)c2c(n1)[C@H]1CCC(C)C(C2)N1C(=O)c1ccc(Cl)c(F)c1Cl. The molecule has 1 N–H and O–H groups in total. The fraction of sp³-hybridized carbons (Fsp3) is 0.364. The summed E-state index contributed by atoms with van der Waals surface area (Å²) in [6.07, 6.45) is 4.05. The van der Waals surface area contributed by atoms with Crippen LogP contribution in [0.1, 0.15) is 53.2 Å². The van der Waals surface area contributed by atoms with Gasteiger partial charge in [0.25, 0.3) is 5.91 Å². The monoisotopic (exact) mass is 459 g/mol. The van der Waals surface area contributed by atoms with Crippen LogP contribution in [0.3, 0.4) is 0 Å². The lowest BCUT2D eigenvalue weighted by Crippen LogP contribution is -2.53. The lowest BCUT2D eigenvalue weighted by Gasteiger charge is -2.49. The molecule has 1 saturated heterocycles. The molecule has 2 aromatic heterocycles. The molecule has 0 saturated carbocycles. The van der Waals surface area contributed by atoms with Crippen LogP contribution in [-0.4, -0.2) is 37.0 Å². The first-order valence-electron chi connectivity index (χ1n) is 10.2. The zero-order valence-electron chi connectivity index (χ0n) is 17.0. The van der Waals surface area contributed by atoms with Crippen molar-refractivity contribution >= 4 is 29.1 Å². The maximum Gasteiger partial charge on any atom is 0.256 e. The van der Waals surface area contributed by atoms with Gasteiger partial charge >= 0.3 is 0 Å². The number of aromatic nitrogens is 4. The van der Waals surface area contributed by atoms with E-state index in [1.807, 2.05) is 17.9 Å². The second-order valence-corrected chi connectivity index (χ2v) is 9.02. The second-order valence-electron chi connectivity index (χ2n) is 8.23. The Morgan fingerprint density at radius 2 is 2.03 bits per heavy atom. The summed E-state index contributed by atoms with van der Waals surface area (Å²) in [6.45, 7) is 3.98. The second kappa shape index (κ2) is 7.57. The van der Waals surface area contributed by atoms with Gasteiger partial charge in [-0.25, -0.2) is 14.4 Å². The normalized spacial score (nSPS) is 22.4. The number of amides is 1. The number of hydrogen-bond acceptors (Lipinski definition) is 4. The van der Waals surface area contributed by atoms with Gasteiger partial charge in [0.15, 0.2) is 5.82 Å². The van der Waals surface area contributed by atoms with E-state index in [9.17, 15) is 9.18 Å². The minimum absolute atomic E-state index is 0.0680. The zero-order valence-corrected chi connectivity index (χ0v) is 18.5. The predicted molar refractivity (Wildman–Crippen MR) is 116 cm³/mol. The molecule has 2 bridgehead atoms. The molecular formula is C22H20Cl2FN5O. The van der Waals surface area contributed by atoms with E-state index >= 15 is 0 Å². The Morgan fingerprint density at radius 1 is 1.23 bits per heavy atom. The molecule has 9 heteroatoms. The van der Waals surface area contributed by atoms with E-state index in [0.29, 0.717) is 12.2 Å². The first-order valence-corrected chi connectivity index (χ1v) is 11.0. The highest BCUT2D eigenvalue weighted by atomic mass is 35.5. The van der Waals surface area contributed by atoms with Crippen LogP contribution in [0.2, 0.25) is 10.0 Å². The molecule has 0 spiro atoms. The van der Waals surface area contributed by atoms with Crippen LogP contribution in [0.15, 0.2) is 24.4 Å². The van der Waals surface area contributed by atoms with Gasteiger partial charge in [-0.2, -0.15) is 5.10 Å². The molecule has 2 aliphatic heterocycles. The molecule has 160 valence electrons. The summed E-state index contributed by atoms with van der Waals surface area (Å²) in [5.41, 5.74) is 3.66. The van der Waals surface area contributed by atoms with Crippen molar-refractivity contribution in [2.45, 2.75) is 45.2 Å². The maximum absolute atomic E-state index is 14.3. The highest BCUT2D eigenvalue weighted by molar-refractivity contribution is 6.37. The van der Waals surface area contributed by atoms with Gasteiger partial charge in [0.1, 0.15) is 5.82 Å². The molecule has 0 radical (unpaired) electrons. The summed E-state index contributed by atoms with van der Waals surface area (Å²) in [4.78, 5) is 24.9. The van der Waals surface area contributed by atoms with Gasteiger partial charge in [-0.3, -0.25) is 9.89 Å². The fourth-order valence-electron chi connectivity index (χ4n) is 4.86. The van der Waals surface area contributed by atoms with Crippen molar-refractivity contribution in [2.75, 3.05) is 0 Å². The topological polar surface area (TPSA) is 74.8 Å². The Bertz CT molecular complexity index is 1180. The van der Waals surface area contributed by atoms with Crippen LogP contribution in [0.5, 0.6) is 0 Å². The van der Waals surface area contributed by atoms with Crippen LogP contribution >= 0.6 is 23.2 Å². The molecule has 4 heterocycles. The summed E-state index contributed by atoms with van der Waals surface area (Å²) in [7, 11) is 0. The van der Waals surface area contributed by atoms with Crippen molar-refractivity contribution < 1.29 is 9.18 Å². The van der Waals surface area contributed by atoms with Crippen molar-refractivity contribution in [3.63, 3.8) is 0 Å². The number of hydrogen-bond donors (Lipinski definition) is 1. The standard InChI is InChI=1S/C22H20Cl2FN5O/c1-10-3-6-16-21-13(20(27-11(2)28-21)15-7-8-26-29-15)9-17(10)30(16)22(31)12-4-5-14(23)19(25)18(12)24/h4-5,7-8,10,16-17H,3,6,9H2,1-2H3,(H,26,29)/t10?,16-,17?/m1/s1. The molecule has 1 amide bonds. The molecular weight excluding hydrogens is 440 g/mol. The number of rotatable bonds is 2. The van der Waals surface area contributed by atoms with Crippen LogP contribution in [0.4, 0.5) is 4.39 Å². The average Bonchev–Trinajstić information content (AvgIpc) is 3.28. The quantitative estimate of drug-likeness (QED) is 0.537. The van der Waals surface area contributed by atoms with Crippen LogP contribution in [0, 0.1) is 18.7 Å². The summed E-state index contributed by atoms with van der Waals surface area (Å²) in [6, 6.07) is 4.45. The fourth-order valence-corrected chi connectivity index (χ4v) is 5.31. The molecule has 3 atom stereocenters. The van der Waals surface area contributed by atoms with Crippen LogP contribution in [-0.2, 0) is 6.42 Å². The van der Waals surface area contributed by atoms with E-state index in [1.165, 1.54) is 12.1 Å². The van der Waals surface area contributed by atoms with E-state index in [1.54, 1.807) is 6.20 Å². The molecule has 1 fully saturated rings. The predicted octanol–water partition coefficient (Wildman–Crippen LogP) is 5.16. The van der Waals surface area contributed by atoms with Gasteiger partial charge in [-0.15, -0.1) is 0 Å². The molecule has 0 aliphatic carbocycles. The third-order valence-corrected chi connectivity index (χ3v) is 7.04. The minimum atomic E-state index is -0.774. The van der Waals surface area contributed by atoms with Gasteiger partial charge in [-0.05, 0) is 50.3 Å². The summed E-state index contributed by atoms with van der Waals surface area (Å²) < 4.78 is 14.3. The Balaban J connectivity index is 1.64. The number of H-pyrrole nitrogens is 1. The van der Waals surface area contributed by atoms with E-state index in [-0.39, 0.29) is 39.5 Å². The van der Waals surface area contributed by atoms with Crippen molar-refractivity contribution in [3.05, 3.63) is 62.9 Å². The smallest absolute Gasteiger partial charge is 0.256 e.